The molecule has 550 valence electrons. The van der Waals surface area contributed by atoms with E-state index in [1.54, 1.807) is 6.08 Å². The van der Waals surface area contributed by atoms with E-state index in [2.05, 4.69) is 19.2 Å². The lowest BCUT2D eigenvalue weighted by atomic mass is 9.96. The molecule has 0 saturated carbocycles. The summed E-state index contributed by atoms with van der Waals surface area (Å²) in [6.07, 6.45) is 37.6. The van der Waals surface area contributed by atoms with E-state index in [4.69, 9.17) is 28.4 Å². The van der Waals surface area contributed by atoms with Gasteiger partial charge in [0.05, 0.1) is 38.6 Å². The summed E-state index contributed by atoms with van der Waals surface area (Å²) in [6.45, 7) is 1.80. The van der Waals surface area contributed by atoms with Gasteiger partial charge in [0.1, 0.15) is 73.2 Å². The zero-order valence-corrected chi connectivity index (χ0v) is 58.5. The molecule has 3 aliphatic heterocycles. The molecule has 3 fully saturated rings. The number of nitrogens with one attached hydrogen (secondary N) is 1. The van der Waals surface area contributed by atoms with Crippen LogP contribution in [0.15, 0.2) is 12.2 Å². The van der Waals surface area contributed by atoms with Gasteiger partial charge < -0.3 is 89.9 Å². The highest BCUT2D eigenvalue weighted by atomic mass is 16.8. The molecule has 17 unspecified atom stereocenters. The zero-order valence-electron chi connectivity index (χ0n) is 58.5. The number of carbonyl (C=O) groups excluding carboxylic acids is 1. The smallest absolute Gasteiger partial charge is 0.220 e. The van der Waals surface area contributed by atoms with Crippen LogP contribution in [0.25, 0.3) is 0 Å². The van der Waals surface area contributed by atoms with Crippen molar-refractivity contribution in [1.82, 2.24) is 5.32 Å². The average Bonchev–Trinajstić information content (AvgIpc) is 0.994. The van der Waals surface area contributed by atoms with Crippen LogP contribution in [0.1, 0.15) is 322 Å². The van der Waals surface area contributed by atoms with E-state index in [0.29, 0.717) is 6.42 Å². The second kappa shape index (κ2) is 56.3. The van der Waals surface area contributed by atoms with Crippen LogP contribution in [0.2, 0.25) is 0 Å². The maximum Gasteiger partial charge on any atom is 0.220 e. The molecule has 0 aromatic heterocycles. The molecule has 17 atom stereocenters. The first-order valence-electron chi connectivity index (χ1n) is 38.4. The highest BCUT2D eigenvalue weighted by Crippen LogP contribution is 2.33. The number of unbranched alkanes of at least 4 members (excludes halogenated alkanes) is 45. The van der Waals surface area contributed by atoms with Crippen molar-refractivity contribution in [1.29, 1.82) is 0 Å². The summed E-state index contributed by atoms with van der Waals surface area (Å²) in [6, 6.07) is -0.969. The van der Waals surface area contributed by atoms with Gasteiger partial charge in [0, 0.05) is 6.42 Å². The number of carbonyl (C=O) groups is 1. The molecule has 3 saturated heterocycles. The molecule has 1 amide bonds. The molecule has 0 radical (unpaired) electrons. The Morgan fingerprint density at radius 2 is 0.667 bits per heavy atom. The Labute approximate surface area is 563 Å². The molecule has 12 N–H and O–H groups in total. The first kappa shape index (κ1) is 85.8. The van der Waals surface area contributed by atoms with Crippen LogP contribution < -0.4 is 5.32 Å². The summed E-state index contributed by atoms with van der Waals surface area (Å²) in [5.74, 6) is -0.267. The van der Waals surface area contributed by atoms with E-state index in [1.807, 2.05) is 6.08 Å². The van der Waals surface area contributed by atoms with Gasteiger partial charge >= 0.3 is 0 Å². The molecular formula is C74H141NO18. The highest BCUT2D eigenvalue weighted by molar-refractivity contribution is 5.76. The van der Waals surface area contributed by atoms with Gasteiger partial charge in [-0.05, 0) is 19.3 Å². The Kier molecular flexibility index (Phi) is 51.9. The molecule has 0 spiro atoms. The van der Waals surface area contributed by atoms with Crippen molar-refractivity contribution in [2.45, 2.75) is 426 Å². The summed E-state index contributed by atoms with van der Waals surface area (Å²) in [5.41, 5.74) is 0. The minimum Gasteiger partial charge on any atom is -0.394 e. The molecular weight excluding hydrogens is 1190 g/mol. The second-order valence-corrected chi connectivity index (χ2v) is 27.8. The van der Waals surface area contributed by atoms with Gasteiger partial charge in [-0.2, -0.15) is 0 Å². The normalized spacial score (nSPS) is 27.5. The number of hydrogen-bond acceptors (Lipinski definition) is 18. The molecule has 93 heavy (non-hydrogen) atoms. The van der Waals surface area contributed by atoms with Crippen LogP contribution in [0.4, 0.5) is 0 Å². The molecule has 3 heterocycles. The average molecular weight is 1330 g/mol. The first-order chi connectivity index (χ1) is 45.3. The number of hydrogen-bond donors (Lipinski definition) is 12. The van der Waals surface area contributed by atoms with E-state index >= 15 is 0 Å². The molecule has 19 nitrogen and oxygen atoms in total. The van der Waals surface area contributed by atoms with Crippen molar-refractivity contribution >= 4 is 5.91 Å². The van der Waals surface area contributed by atoms with E-state index < -0.39 is 124 Å². The van der Waals surface area contributed by atoms with Gasteiger partial charge in [-0.1, -0.05) is 309 Å². The topological polar surface area (TPSA) is 307 Å². The summed E-state index contributed by atoms with van der Waals surface area (Å²) in [4.78, 5) is 13.4. The molecule has 0 bridgehead atoms. The lowest BCUT2D eigenvalue weighted by Gasteiger charge is -2.48. The standard InChI is InChI=1S/C74H141NO18/c1-3-5-7-9-11-13-15-17-19-21-23-25-27-28-29-30-31-33-35-37-39-41-43-45-47-49-51-58(79)57(75-62(80)52-50-48-46-44-42-40-38-36-34-32-26-24-22-20-18-16-14-12-10-8-6-4-2)56-88-72-68(86)65(83)70(60(54-77)90-72)93-74-69(87)66(84)71(61(55-78)91-74)92-73-67(85)64(82)63(81)59(53-76)89-73/h49,51,57-61,63-74,76-79,81-87H,3-48,50,52-56H2,1-2H3,(H,75,80)/b51-49+. The van der Waals surface area contributed by atoms with Crippen LogP contribution in [0.3, 0.4) is 0 Å². The minimum absolute atomic E-state index is 0.250. The Balaban J connectivity index is 1.40. The number of rotatable bonds is 61. The minimum atomic E-state index is -1.98. The van der Waals surface area contributed by atoms with Crippen LogP contribution in [-0.4, -0.2) is 193 Å². The third-order valence-corrected chi connectivity index (χ3v) is 19.6. The molecule has 0 aromatic carbocycles. The van der Waals surface area contributed by atoms with Gasteiger partial charge in [-0.3, -0.25) is 4.79 Å². The largest absolute Gasteiger partial charge is 0.394 e. The maximum absolute atomic E-state index is 13.4. The predicted octanol–water partition coefficient (Wildman–Crippen LogP) is 11.6. The van der Waals surface area contributed by atoms with Crippen molar-refractivity contribution < 1.29 is 89.4 Å². The quantitative estimate of drug-likeness (QED) is 0.0199. The molecule has 0 aromatic rings. The molecule has 3 aliphatic rings. The summed E-state index contributed by atoms with van der Waals surface area (Å²) >= 11 is 0. The lowest BCUT2D eigenvalue weighted by molar-refractivity contribution is -0.379. The number of allylic oxidation sites excluding steroid dienone is 1. The zero-order chi connectivity index (χ0) is 67.5. The molecule has 0 aliphatic carbocycles. The first-order valence-corrected chi connectivity index (χ1v) is 38.4. The summed E-state index contributed by atoms with van der Waals surface area (Å²) < 4.78 is 34.4. The van der Waals surface area contributed by atoms with E-state index in [-0.39, 0.29) is 18.9 Å². The van der Waals surface area contributed by atoms with Crippen LogP contribution in [0, 0.1) is 0 Å². The third kappa shape index (κ3) is 37.5. The number of ether oxygens (including phenoxy) is 6. The maximum atomic E-state index is 13.4. The van der Waals surface area contributed by atoms with Gasteiger partial charge in [0.2, 0.25) is 5.91 Å². The van der Waals surface area contributed by atoms with Gasteiger partial charge in [0.25, 0.3) is 0 Å². The fourth-order valence-corrected chi connectivity index (χ4v) is 13.4. The summed E-state index contributed by atoms with van der Waals surface area (Å²) in [5, 5.41) is 121. The van der Waals surface area contributed by atoms with Crippen molar-refractivity contribution in [3.63, 3.8) is 0 Å². The van der Waals surface area contributed by atoms with Crippen molar-refractivity contribution in [2.24, 2.45) is 0 Å². The van der Waals surface area contributed by atoms with Gasteiger partial charge in [-0.15, -0.1) is 0 Å². The van der Waals surface area contributed by atoms with E-state index in [0.717, 1.165) is 44.9 Å². The number of amides is 1. The van der Waals surface area contributed by atoms with E-state index in [9.17, 15) is 61.0 Å². The van der Waals surface area contributed by atoms with Crippen LogP contribution in [-0.2, 0) is 33.2 Å². The Morgan fingerprint density at radius 3 is 1.01 bits per heavy atom. The Hall–Kier alpha value is -1.47. The van der Waals surface area contributed by atoms with Gasteiger partial charge in [0.15, 0.2) is 18.9 Å². The van der Waals surface area contributed by atoms with E-state index in [1.165, 1.54) is 250 Å². The number of aliphatic hydroxyl groups excluding tert-OH is 11. The fraction of sp³-hybridized carbons (Fsp3) is 0.959. The van der Waals surface area contributed by atoms with Gasteiger partial charge in [-0.25, -0.2) is 0 Å². The highest BCUT2D eigenvalue weighted by Gasteiger charge is 2.53. The fourth-order valence-electron chi connectivity index (χ4n) is 13.4. The lowest BCUT2D eigenvalue weighted by Crippen LogP contribution is -2.66. The van der Waals surface area contributed by atoms with Crippen molar-refractivity contribution in [2.75, 3.05) is 26.4 Å². The Bertz CT molecular complexity index is 1730. The van der Waals surface area contributed by atoms with Crippen molar-refractivity contribution in [3.8, 4) is 0 Å². The molecule has 19 heteroatoms. The molecule has 3 rings (SSSR count). The second-order valence-electron chi connectivity index (χ2n) is 27.8. The SMILES string of the molecule is CCCCCCCCCCCCCCCCCCCCCCCCCC/C=C/C(O)C(COC1OC(CO)C(OC2OC(CO)C(OC3OC(CO)C(O)C(O)C3O)C(O)C2O)C(O)C1O)NC(=O)CCCCCCCCCCCCCCCCCCCCCCCC. The van der Waals surface area contributed by atoms with Crippen LogP contribution in [0.5, 0.6) is 0 Å². The van der Waals surface area contributed by atoms with Crippen molar-refractivity contribution in [3.05, 3.63) is 12.2 Å². The number of aliphatic hydroxyl groups is 11. The predicted molar refractivity (Wildman–Crippen MR) is 365 cm³/mol. The Morgan fingerprint density at radius 1 is 0.376 bits per heavy atom. The summed E-state index contributed by atoms with van der Waals surface area (Å²) in [7, 11) is 0. The van der Waals surface area contributed by atoms with Crippen LogP contribution >= 0.6 is 0 Å². The monoisotopic (exact) mass is 1330 g/mol. The third-order valence-electron chi connectivity index (χ3n) is 19.6.